The van der Waals surface area contributed by atoms with Crippen molar-refractivity contribution in [3.63, 3.8) is 0 Å². The number of nitrogens with one attached hydrogen (secondary N) is 1. The van der Waals surface area contributed by atoms with Crippen LogP contribution >= 0.6 is 35.0 Å². The van der Waals surface area contributed by atoms with Crippen LogP contribution < -0.4 is 0 Å². The number of allylic oxidation sites excluding steroid dienone is 2. The van der Waals surface area contributed by atoms with Crippen LogP contribution in [0.2, 0.25) is 0 Å². The summed E-state index contributed by atoms with van der Waals surface area (Å²) in [7, 11) is 0. The summed E-state index contributed by atoms with van der Waals surface area (Å²) in [5.74, 6) is 0.694. The van der Waals surface area contributed by atoms with Gasteiger partial charge >= 0.3 is 0 Å². The average Bonchev–Trinajstić information content (AvgIpc) is 2.13. The van der Waals surface area contributed by atoms with Crippen molar-refractivity contribution in [2.24, 2.45) is 4.99 Å². The summed E-state index contributed by atoms with van der Waals surface area (Å²) in [5, 5.41) is 6.34. The second-order valence-electron chi connectivity index (χ2n) is 2.30. The van der Waals surface area contributed by atoms with Gasteiger partial charge in [0.05, 0.1) is 0 Å². The van der Waals surface area contributed by atoms with Gasteiger partial charge < -0.3 is 0 Å². The predicted octanol–water partition coefficient (Wildman–Crippen LogP) is 3.19. The van der Waals surface area contributed by atoms with Crippen LogP contribution in [0.25, 0.3) is 0 Å². The Bertz CT molecular complexity index is 337. The molecule has 0 aromatic rings. The van der Waals surface area contributed by atoms with Crippen LogP contribution in [0, 0.1) is 5.41 Å². The molecule has 3 nitrogen and oxygen atoms in total. The summed E-state index contributed by atoms with van der Waals surface area (Å²) < 4.78 is 0. The molecule has 0 unspecified atom stereocenters. The third-order valence-corrected chi connectivity index (χ3v) is 2.27. The number of hydrogen-bond donors (Lipinski definition) is 1. The van der Waals surface area contributed by atoms with Crippen LogP contribution in [0.15, 0.2) is 29.3 Å². The molecule has 0 aromatic heterocycles. The van der Waals surface area contributed by atoms with Gasteiger partial charge in [0.1, 0.15) is 5.17 Å². The van der Waals surface area contributed by atoms with Crippen molar-refractivity contribution in [2.75, 3.05) is 5.75 Å². The number of rotatable bonds is 4. The molecule has 0 aliphatic carbocycles. The molecule has 0 aromatic carbocycles. The molecule has 82 valence electrons. The zero-order valence-electron chi connectivity index (χ0n) is 8.09. The summed E-state index contributed by atoms with van der Waals surface area (Å²) in [6, 6.07) is 0. The zero-order chi connectivity index (χ0) is 11.8. The Kier molecular flexibility index (Phi) is 7.38. The van der Waals surface area contributed by atoms with Crippen LogP contribution in [0.3, 0.4) is 0 Å². The first-order valence-corrected chi connectivity index (χ1v) is 5.73. The molecular formula is C9H10Cl2N2OS. The predicted molar refractivity (Wildman–Crippen MR) is 68.3 cm³/mol. The molecule has 0 heterocycles. The normalized spacial score (nSPS) is 11.8. The molecular weight excluding hydrogens is 255 g/mol. The monoisotopic (exact) mass is 264 g/mol. The fraction of sp³-hybridized carbons (Fsp3) is 0.222. The maximum Gasteiger partial charge on any atom is 0.218 e. The second-order valence-corrected chi connectivity index (χ2v) is 4.29. The first kappa shape index (κ1) is 14.4. The highest BCUT2D eigenvalue weighted by atomic mass is 35.5. The molecule has 0 amide bonds. The van der Waals surface area contributed by atoms with E-state index in [0.29, 0.717) is 11.3 Å². The van der Waals surface area contributed by atoms with Gasteiger partial charge in [0.15, 0.2) is 0 Å². The molecule has 0 saturated heterocycles. The molecule has 0 aliphatic rings. The van der Waals surface area contributed by atoms with Gasteiger partial charge in [0.2, 0.25) is 10.4 Å². The Hall–Kier alpha value is -0.580. The van der Waals surface area contributed by atoms with Crippen molar-refractivity contribution in [2.45, 2.75) is 6.92 Å². The van der Waals surface area contributed by atoms with E-state index in [1.165, 1.54) is 12.2 Å². The van der Waals surface area contributed by atoms with Gasteiger partial charge in [0, 0.05) is 5.57 Å². The van der Waals surface area contributed by atoms with Gasteiger partial charge in [-0.3, -0.25) is 10.2 Å². The average molecular weight is 265 g/mol. The lowest BCUT2D eigenvalue weighted by atomic mass is 10.3. The standard InChI is InChI=1S/C9H10Cl2N2OS/c1-3-15-8(14)6(2)4-5-7(10)13-9(11)12/h4-5,12H,2-3H2,1H3/b5-4+,12-9?,13-7+. The number of nitrogens with zero attached hydrogens (tertiary/aromatic N) is 1. The minimum Gasteiger partial charge on any atom is -0.282 e. The SMILES string of the molecule is C=C(/C=C/C(Cl)=N\C(=N)Cl)C(=O)SCC. The van der Waals surface area contributed by atoms with Gasteiger partial charge in [0.25, 0.3) is 0 Å². The van der Waals surface area contributed by atoms with Crippen molar-refractivity contribution in [3.8, 4) is 0 Å². The minimum atomic E-state index is -0.412. The summed E-state index contributed by atoms with van der Waals surface area (Å²) in [4.78, 5) is 14.7. The lowest BCUT2D eigenvalue weighted by Crippen LogP contribution is -1.94. The van der Waals surface area contributed by atoms with Gasteiger partial charge in [-0.25, -0.2) is 4.99 Å². The molecule has 0 bridgehead atoms. The number of aliphatic imine (C=N–C) groups is 1. The Morgan fingerprint density at radius 1 is 1.53 bits per heavy atom. The first-order valence-electron chi connectivity index (χ1n) is 3.99. The molecule has 0 atom stereocenters. The topological polar surface area (TPSA) is 53.3 Å². The lowest BCUT2D eigenvalue weighted by molar-refractivity contribution is -0.107. The van der Waals surface area contributed by atoms with E-state index in [-0.39, 0.29) is 10.3 Å². The van der Waals surface area contributed by atoms with Crippen molar-refractivity contribution >= 4 is 50.5 Å². The highest BCUT2D eigenvalue weighted by Gasteiger charge is 2.02. The zero-order valence-corrected chi connectivity index (χ0v) is 10.4. The number of thioether (sulfide) groups is 1. The number of hydrogen-bond acceptors (Lipinski definition) is 3. The highest BCUT2D eigenvalue weighted by Crippen LogP contribution is 2.09. The second kappa shape index (κ2) is 7.68. The summed E-state index contributed by atoms with van der Waals surface area (Å²) in [5.41, 5.74) is 0.330. The molecule has 0 saturated carbocycles. The van der Waals surface area contributed by atoms with Crippen molar-refractivity contribution < 1.29 is 4.79 Å². The van der Waals surface area contributed by atoms with Crippen molar-refractivity contribution in [1.82, 2.24) is 0 Å². The maximum absolute atomic E-state index is 11.2. The Morgan fingerprint density at radius 3 is 2.60 bits per heavy atom. The van der Waals surface area contributed by atoms with Crippen LogP contribution in [0.1, 0.15) is 6.92 Å². The van der Waals surface area contributed by atoms with Crippen molar-refractivity contribution in [1.29, 1.82) is 5.41 Å². The number of carbonyl (C=O) groups is 1. The molecule has 0 rings (SSSR count). The molecule has 0 spiro atoms. The van der Waals surface area contributed by atoms with Gasteiger partial charge in [-0.2, -0.15) is 0 Å². The van der Waals surface area contributed by atoms with E-state index in [2.05, 4.69) is 11.6 Å². The minimum absolute atomic E-state index is 0.0328. The van der Waals surface area contributed by atoms with E-state index < -0.39 is 5.29 Å². The fourth-order valence-corrected chi connectivity index (χ4v) is 1.39. The Labute approximate surface area is 103 Å². The number of amidine groups is 1. The summed E-state index contributed by atoms with van der Waals surface area (Å²) in [6.45, 7) is 5.44. The van der Waals surface area contributed by atoms with E-state index >= 15 is 0 Å². The highest BCUT2D eigenvalue weighted by molar-refractivity contribution is 8.14. The maximum atomic E-state index is 11.2. The van der Waals surface area contributed by atoms with E-state index in [1.54, 1.807) is 0 Å². The third-order valence-electron chi connectivity index (χ3n) is 1.16. The Balaban J connectivity index is 4.35. The smallest absolute Gasteiger partial charge is 0.218 e. The fourth-order valence-electron chi connectivity index (χ4n) is 0.592. The molecule has 1 N–H and O–H groups in total. The Morgan fingerprint density at radius 2 is 2.13 bits per heavy atom. The molecule has 6 heteroatoms. The molecule has 0 fully saturated rings. The van der Waals surface area contributed by atoms with Crippen LogP contribution in [0.5, 0.6) is 0 Å². The lowest BCUT2D eigenvalue weighted by Gasteiger charge is -1.95. The molecule has 0 aliphatic heterocycles. The van der Waals surface area contributed by atoms with Crippen LogP contribution in [-0.2, 0) is 4.79 Å². The van der Waals surface area contributed by atoms with Crippen LogP contribution in [0.4, 0.5) is 0 Å². The van der Waals surface area contributed by atoms with Gasteiger partial charge in [-0.05, 0) is 29.5 Å². The van der Waals surface area contributed by atoms with Gasteiger partial charge in [-0.1, -0.05) is 36.9 Å². The molecule has 15 heavy (non-hydrogen) atoms. The number of halogens is 2. The van der Waals surface area contributed by atoms with E-state index in [9.17, 15) is 4.79 Å². The number of carbonyl (C=O) groups excluding carboxylic acids is 1. The van der Waals surface area contributed by atoms with Crippen molar-refractivity contribution in [3.05, 3.63) is 24.3 Å². The van der Waals surface area contributed by atoms with E-state index in [4.69, 9.17) is 28.6 Å². The van der Waals surface area contributed by atoms with Crippen LogP contribution in [-0.4, -0.2) is 21.3 Å². The van der Waals surface area contributed by atoms with E-state index in [1.807, 2.05) is 6.92 Å². The molecule has 0 radical (unpaired) electrons. The quantitative estimate of drug-likeness (QED) is 0.279. The van der Waals surface area contributed by atoms with E-state index in [0.717, 1.165) is 11.8 Å². The summed E-state index contributed by atoms with van der Waals surface area (Å²) >= 11 is 11.9. The third kappa shape index (κ3) is 7.36. The van der Waals surface area contributed by atoms with Gasteiger partial charge in [-0.15, -0.1) is 0 Å². The largest absolute Gasteiger partial charge is 0.282 e. The summed E-state index contributed by atoms with van der Waals surface area (Å²) in [6.07, 6.45) is 2.81. The first-order chi connectivity index (χ1) is 6.97.